The Kier molecular flexibility index (Phi) is 7.77. The molecular weight excluding hydrogens is 545 g/mol. The predicted molar refractivity (Wildman–Crippen MR) is 145 cm³/mol. The molecule has 0 saturated carbocycles. The molecule has 210 valence electrons. The first-order valence-electron chi connectivity index (χ1n) is 12.0. The molecule has 4 rings (SSSR count). The summed E-state index contributed by atoms with van der Waals surface area (Å²) in [7, 11) is -2.38. The number of hydrogen-bond acceptors (Lipinski definition) is 5. The molecule has 2 N–H and O–H groups in total. The lowest BCUT2D eigenvalue weighted by atomic mass is 10.1. The molecule has 1 aromatic heterocycles. The van der Waals surface area contributed by atoms with E-state index in [1.807, 2.05) is 0 Å². The molecule has 0 aliphatic heterocycles. The van der Waals surface area contributed by atoms with E-state index in [4.69, 9.17) is 4.74 Å². The molecular formula is C28H27F3N4O4S. The highest BCUT2D eigenvalue weighted by Crippen LogP contribution is 2.31. The van der Waals surface area contributed by atoms with Crippen LogP contribution in [0.5, 0.6) is 5.75 Å². The van der Waals surface area contributed by atoms with Crippen LogP contribution in [0.2, 0.25) is 0 Å². The molecule has 0 aliphatic carbocycles. The summed E-state index contributed by atoms with van der Waals surface area (Å²) in [6.07, 6.45) is -4.76. The van der Waals surface area contributed by atoms with Crippen LogP contribution in [0.15, 0.2) is 83.8 Å². The summed E-state index contributed by atoms with van der Waals surface area (Å²) in [4.78, 5) is 13.2. The van der Waals surface area contributed by atoms with Crippen molar-refractivity contribution in [3.8, 4) is 22.6 Å². The molecule has 0 saturated heterocycles. The molecule has 0 aliphatic rings. The summed E-state index contributed by atoms with van der Waals surface area (Å²) in [6.45, 7) is 5.22. The van der Waals surface area contributed by atoms with E-state index in [-0.39, 0.29) is 22.0 Å². The molecule has 0 bridgehead atoms. The third-order valence-corrected chi connectivity index (χ3v) is 7.44. The van der Waals surface area contributed by atoms with E-state index in [0.717, 1.165) is 4.68 Å². The standard InChI is InChI=1S/C28H27F3N4O4S/c1-27(2,3)34-40(37,38)24-8-6-5-7-22(24)18-9-11-19(12-10-18)32-26(36)23-17-25(28(29,30)31)33-35(23)20-13-15-21(39-4)16-14-20/h5-17,34H,1-4H3,(H,32,36). The van der Waals surface area contributed by atoms with Gasteiger partial charge in [0.1, 0.15) is 11.4 Å². The lowest BCUT2D eigenvalue weighted by molar-refractivity contribution is -0.141. The first kappa shape index (κ1) is 28.8. The van der Waals surface area contributed by atoms with Gasteiger partial charge in [-0.25, -0.2) is 17.8 Å². The van der Waals surface area contributed by atoms with Crippen LogP contribution >= 0.6 is 0 Å². The van der Waals surface area contributed by atoms with Gasteiger partial charge in [0.25, 0.3) is 5.91 Å². The summed E-state index contributed by atoms with van der Waals surface area (Å²) >= 11 is 0. The third-order valence-electron chi connectivity index (χ3n) is 5.62. The molecule has 0 unspecified atom stereocenters. The zero-order valence-electron chi connectivity index (χ0n) is 22.1. The highest BCUT2D eigenvalue weighted by molar-refractivity contribution is 7.89. The van der Waals surface area contributed by atoms with Gasteiger partial charge in [0.2, 0.25) is 10.0 Å². The summed E-state index contributed by atoms with van der Waals surface area (Å²) in [6, 6.07) is 19.5. The number of carbonyl (C=O) groups is 1. The zero-order valence-corrected chi connectivity index (χ0v) is 22.9. The summed E-state index contributed by atoms with van der Waals surface area (Å²) < 4.78 is 75.0. The number of rotatable bonds is 7. The fourth-order valence-electron chi connectivity index (χ4n) is 3.93. The van der Waals surface area contributed by atoms with Crippen LogP contribution in [0.4, 0.5) is 18.9 Å². The number of carbonyl (C=O) groups excluding carboxylic acids is 1. The Hall–Kier alpha value is -4.16. The monoisotopic (exact) mass is 572 g/mol. The van der Waals surface area contributed by atoms with Crippen molar-refractivity contribution >= 4 is 21.6 Å². The largest absolute Gasteiger partial charge is 0.497 e. The van der Waals surface area contributed by atoms with Gasteiger partial charge in [0, 0.05) is 22.9 Å². The molecule has 1 amide bonds. The first-order valence-corrected chi connectivity index (χ1v) is 13.5. The zero-order chi connectivity index (χ0) is 29.3. The number of benzene rings is 3. The van der Waals surface area contributed by atoms with Gasteiger partial charge < -0.3 is 10.1 Å². The van der Waals surface area contributed by atoms with Crippen molar-refractivity contribution in [3.63, 3.8) is 0 Å². The molecule has 4 aromatic rings. The topological polar surface area (TPSA) is 102 Å². The number of amides is 1. The van der Waals surface area contributed by atoms with Crippen molar-refractivity contribution in [2.45, 2.75) is 37.4 Å². The first-order chi connectivity index (χ1) is 18.7. The molecule has 12 heteroatoms. The minimum atomic E-state index is -4.76. The molecule has 0 radical (unpaired) electrons. The number of nitrogens with one attached hydrogen (secondary N) is 2. The third kappa shape index (κ3) is 6.52. The van der Waals surface area contributed by atoms with E-state index in [0.29, 0.717) is 22.9 Å². The highest BCUT2D eigenvalue weighted by Gasteiger charge is 2.36. The fourth-order valence-corrected chi connectivity index (χ4v) is 5.58. The molecule has 3 aromatic carbocycles. The maximum absolute atomic E-state index is 13.4. The quantitative estimate of drug-likeness (QED) is 0.287. The maximum atomic E-state index is 13.4. The van der Waals surface area contributed by atoms with Crippen LogP contribution in [0.1, 0.15) is 37.0 Å². The van der Waals surface area contributed by atoms with Crippen LogP contribution in [0.25, 0.3) is 16.8 Å². The van der Waals surface area contributed by atoms with Gasteiger partial charge in [0.15, 0.2) is 5.69 Å². The number of ether oxygens (including phenoxy) is 1. The van der Waals surface area contributed by atoms with Crippen molar-refractivity contribution in [1.29, 1.82) is 0 Å². The van der Waals surface area contributed by atoms with Gasteiger partial charge in [-0.2, -0.15) is 18.3 Å². The second-order valence-corrected chi connectivity index (χ2v) is 11.6. The van der Waals surface area contributed by atoms with E-state index in [1.54, 1.807) is 63.2 Å². The number of alkyl halides is 3. The van der Waals surface area contributed by atoms with E-state index in [2.05, 4.69) is 15.1 Å². The smallest absolute Gasteiger partial charge is 0.435 e. The van der Waals surface area contributed by atoms with Gasteiger partial charge in [-0.05, 0) is 68.8 Å². The average molecular weight is 573 g/mol. The van der Waals surface area contributed by atoms with Crippen molar-refractivity contribution in [2.75, 3.05) is 12.4 Å². The normalized spacial score (nSPS) is 12.3. The Labute approximate surface area is 229 Å². The molecule has 1 heterocycles. The van der Waals surface area contributed by atoms with Gasteiger partial charge in [-0.15, -0.1) is 0 Å². The number of sulfonamides is 1. The average Bonchev–Trinajstić information content (AvgIpc) is 3.34. The van der Waals surface area contributed by atoms with Crippen molar-refractivity contribution in [2.24, 2.45) is 0 Å². The van der Waals surface area contributed by atoms with Crippen LogP contribution in [-0.2, 0) is 16.2 Å². The molecule has 40 heavy (non-hydrogen) atoms. The number of nitrogens with zero attached hydrogens (tertiary/aromatic N) is 2. The molecule has 0 spiro atoms. The molecule has 8 nitrogen and oxygen atoms in total. The van der Waals surface area contributed by atoms with Crippen molar-refractivity contribution < 1.29 is 31.1 Å². The Bertz CT molecular complexity index is 1620. The lowest BCUT2D eigenvalue weighted by Crippen LogP contribution is -2.40. The number of anilines is 1. The summed E-state index contributed by atoms with van der Waals surface area (Å²) in [5, 5.41) is 6.20. The Morgan fingerprint density at radius 1 is 0.925 bits per heavy atom. The Balaban J connectivity index is 1.63. The van der Waals surface area contributed by atoms with Crippen molar-refractivity contribution in [1.82, 2.24) is 14.5 Å². The van der Waals surface area contributed by atoms with E-state index in [9.17, 15) is 26.4 Å². The van der Waals surface area contributed by atoms with Crippen LogP contribution < -0.4 is 14.8 Å². The number of aromatic nitrogens is 2. The van der Waals surface area contributed by atoms with E-state index in [1.165, 1.54) is 37.4 Å². The van der Waals surface area contributed by atoms with Crippen molar-refractivity contribution in [3.05, 3.63) is 90.3 Å². The second-order valence-electron chi connectivity index (χ2n) is 9.91. The van der Waals surface area contributed by atoms with Gasteiger partial charge >= 0.3 is 6.18 Å². The van der Waals surface area contributed by atoms with Crippen LogP contribution in [0.3, 0.4) is 0 Å². The SMILES string of the molecule is COc1ccc(-n2nc(C(F)(F)F)cc2C(=O)Nc2ccc(-c3ccccc3S(=O)(=O)NC(C)(C)C)cc2)cc1. The molecule has 0 fully saturated rings. The number of methoxy groups -OCH3 is 1. The number of halogens is 3. The molecule has 0 atom stereocenters. The van der Waals surface area contributed by atoms with E-state index >= 15 is 0 Å². The highest BCUT2D eigenvalue weighted by atomic mass is 32.2. The van der Waals surface area contributed by atoms with E-state index < -0.39 is 33.3 Å². The predicted octanol–water partition coefficient (Wildman–Crippen LogP) is 5.90. The summed E-state index contributed by atoms with van der Waals surface area (Å²) in [5.74, 6) is -0.328. The summed E-state index contributed by atoms with van der Waals surface area (Å²) in [5.41, 5.74) is -0.696. The van der Waals surface area contributed by atoms with Gasteiger partial charge in [-0.3, -0.25) is 4.79 Å². The Morgan fingerprint density at radius 3 is 2.12 bits per heavy atom. The Morgan fingerprint density at radius 2 is 1.55 bits per heavy atom. The van der Waals surface area contributed by atoms with Crippen LogP contribution in [-0.4, -0.2) is 36.8 Å². The second kappa shape index (κ2) is 10.8. The lowest BCUT2D eigenvalue weighted by Gasteiger charge is -2.21. The minimum Gasteiger partial charge on any atom is -0.497 e. The van der Waals surface area contributed by atoms with Gasteiger partial charge in [-0.1, -0.05) is 30.3 Å². The maximum Gasteiger partial charge on any atom is 0.435 e. The fraction of sp³-hybridized carbons (Fsp3) is 0.214. The van der Waals surface area contributed by atoms with Gasteiger partial charge in [0.05, 0.1) is 17.7 Å². The minimum absolute atomic E-state index is 0.0878. The number of hydrogen-bond donors (Lipinski definition) is 2. The van der Waals surface area contributed by atoms with Crippen LogP contribution in [0, 0.1) is 0 Å².